The van der Waals surface area contributed by atoms with Crippen molar-refractivity contribution in [3.63, 3.8) is 0 Å². The smallest absolute Gasteiger partial charge is 0.0577 e. The fourth-order valence-electron chi connectivity index (χ4n) is 7.99. The summed E-state index contributed by atoms with van der Waals surface area (Å²) in [4.78, 5) is 0. The van der Waals surface area contributed by atoms with E-state index in [1.165, 1.54) is 51.4 Å². The summed E-state index contributed by atoms with van der Waals surface area (Å²) >= 11 is 0. The van der Waals surface area contributed by atoms with Gasteiger partial charge in [0.1, 0.15) is 0 Å². The Balaban J connectivity index is 1.50. The highest BCUT2D eigenvalue weighted by Gasteiger charge is 2.56. The van der Waals surface area contributed by atoms with E-state index >= 15 is 0 Å². The zero-order valence-corrected chi connectivity index (χ0v) is 19.1. The molecule has 0 bridgehead atoms. The van der Waals surface area contributed by atoms with Crippen LogP contribution in [0.3, 0.4) is 0 Å². The Kier molecular flexibility index (Phi) is 5.62. The SMILES string of the molecule is CC(C)CCCC(C)C1=CCC2C3CC=C4CC(O)CCC4(C)C3CCC12C. The number of aliphatic hydroxyl groups excluding tert-OH is 1. The fraction of sp³-hybridized carbons (Fsp3) is 0.852. The van der Waals surface area contributed by atoms with Crippen LogP contribution in [0.25, 0.3) is 0 Å². The Bertz CT molecular complexity index is 643. The van der Waals surface area contributed by atoms with Crippen LogP contribution in [0.1, 0.15) is 98.8 Å². The van der Waals surface area contributed by atoms with E-state index in [2.05, 4.69) is 46.8 Å². The molecule has 0 aliphatic heterocycles. The molecule has 4 aliphatic rings. The largest absolute Gasteiger partial charge is 0.393 e. The number of hydrogen-bond donors (Lipinski definition) is 1. The van der Waals surface area contributed by atoms with E-state index in [-0.39, 0.29) is 6.10 Å². The van der Waals surface area contributed by atoms with Gasteiger partial charge in [-0.15, -0.1) is 0 Å². The molecule has 4 rings (SSSR count). The lowest BCUT2D eigenvalue weighted by Crippen LogP contribution is -2.50. The molecule has 0 heterocycles. The Morgan fingerprint density at radius 3 is 2.46 bits per heavy atom. The van der Waals surface area contributed by atoms with Crippen LogP contribution >= 0.6 is 0 Å². The Morgan fingerprint density at radius 1 is 0.964 bits per heavy atom. The van der Waals surface area contributed by atoms with Crippen LogP contribution in [0.2, 0.25) is 0 Å². The van der Waals surface area contributed by atoms with E-state index in [0.29, 0.717) is 10.8 Å². The molecule has 0 radical (unpaired) electrons. The van der Waals surface area contributed by atoms with Gasteiger partial charge in [-0.1, -0.05) is 70.8 Å². The summed E-state index contributed by atoms with van der Waals surface area (Å²) in [6, 6.07) is 0. The van der Waals surface area contributed by atoms with E-state index in [1.807, 2.05) is 5.57 Å². The van der Waals surface area contributed by atoms with Crippen molar-refractivity contribution >= 4 is 0 Å². The molecular weight excluding hydrogens is 340 g/mol. The maximum atomic E-state index is 10.2. The summed E-state index contributed by atoms with van der Waals surface area (Å²) in [5.74, 6) is 4.17. The van der Waals surface area contributed by atoms with Crippen molar-refractivity contribution in [2.45, 2.75) is 105 Å². The van der Waals surface area contributed by atoms with E-state index in [1.54, 1.807) is 5.57 Å². The van der Waals surface area contributed by atoms with Crippen molar-refractivity contribution in [1.82, 2.24) is 0 Å². The van der Waals surface area contributed by atoms with Gasteiger partial charge in [0.25, 0.3) is 0 Å². The van der Waals surface area contributed by atoms with Crippen LogP contribution in [0.15, 0.2) is 23.3 Å². The summed E-state index contributed by atoms with van der Waals surface area (Å²) in [5.41, 5.74) is 4.24. The van der Waals surface area contributed by atoms with Gasteiger partial charge in [-0.3, -0.25) is 0 Å². The van der Waals surface area contributed by atoms with Crippen LogP contribution in [0.4, 0.5) is 0 Å². The zero-order chi connectivity index (χ0) is 20.1. The van der Waals surface area contributed by atoms with Gasteiger partial charge in [-0.05, 0) is 91.8 Å². The number of hydrogen-bond acceptors (Lipinski definition) is 1. The summed E-state index contributed by atoms with van der Waals surface area (Å²) in [6.45, 7) is 12.4. The first-order valence-corrected chi connectivity index (χ1v) is 12.3. The molecule has 0 aromatic carbocycles. The van der Waals surface area contributed by atoms with Gasteiger partial charge in [-0.2, -0.15) is 0 Å². The molecule has 0 aromatic heterocycles. The second-order valence-corrected chi connectivity index (χ2v) is 11.7. The summed E-state index contributed by atoms with van der Waals surface area (Å²) in [5, 5.41) is 10.2. The molecule has 0 spiro atoms. The molecule has 2 saturated carbocycles. The Labute approximate surface area is 174 Å². The topological polar surface area (TPSA) is 20.2 Å². The minimum absolute atomic E-state index is 0.0869. The van der Waals surface area contributed by atoms with E-state index in [9.17, 15) is 5.11 Å². The molecule has 0 aromatic rings. The minimum Gasteiger partial charge on any atom is -0.393 e. The van der Waals surface area contributed by atoms with Gasteiger partial charge < -0.3 is 5.11 Å². The standard InChI is InChI=1S/C27H44O/c1-18(2)7-6-8-19(3)23-11-12-24-22-10-9-20-17-21(28)13-15-26(20,4)25(22)14-16-27(23,24)5/h9,11,18-19,21-22,24-25,28H,6-8,10,12-17H2,1-5H3. The number of allylic oxidation sites excluding steroid dienone is 3. The monoisotopic (exact) mass is 384 g/mol. The summed E-state index contributed by atoms with van der Waals surface area (Å²) in [6.07, 6.45) is 17.8. The predicted octanol–water partition coefficient (Wildman–Crippen LogP) is 7.31. The lowest BCUT2D eigenvalue weighted by Gasteiger charge is -2.58. The first-order chi connectivity index (χ1) is 13.3. The molecular formula is C27H44O. The molecule has 7 unspecified atom stereocenters. The third kappa shape index (κ3) is 3.34. The van der Waals surface area contributed by atoms with Crippen molar-refractivity contribution in [1.29, 1.82) is 0 Å². The molecule has 28 heavy (non-hydrogen) atoms. The fourth-order valence-corrected chi connectivity index (χ4v) is 7.99. The summed E-state index contributed by atoms with van der Waals surface area (Å²) in [7, 11) is 0. The van der Waals surface area contributed by atoms with Gasteiger partial charge in [0, 0.05) is 0 Å². The second-order valence-electron chi connectivity index (χ2n) is 11.7. The lowest BCUT2D eigenvalue weighted by atomic mass is 9.47. The van der Waals surface area contributed by atoms with Crippen LogP contribution in [0, 0.1) is 40.4 Å². The predicted molar refractivity (Wildman–Crippen MR) is 119 cm³/mol. The highest BCUT2D eigenvalue weighted by molar-refractivity contribution is 5.31. The molecule has 1 nitrogen and oxygen atoms in total. The van der Waals surface area contributed by atoms with Gasteiger partial charge in [-0.25, -0.2) is 0 Å². The molecule has 0 amide bonds. The van der Waals surface area contributed by atoms with Gasteiger partial charge in [0.15, 0.2) is 0 Å². The lowest BCUT2D eigenvalue weighted by molar-refractivity contribution is -0.0316. The Hall–Kier alpha value is -0.560. The molecule has 7 atom stereocenters. The second kappa shape index (κ2) is 7.60. The van der Waals surface area contributed by atoms with Crippen LogP contribution < -0.4 is 0 Å². The number of aliphatic hydroxyl groups is 1. The van der Waals surface area contributed by atoms with Crippen LogP contribution in [-0.2, 0) is 0 Å². The first-order valence-electron chi connectivity index (χ1n) is 12.3. The maximum Gasteiger partial charge on any atom is 0.0577 e. The molecule has 0 saturated heterocycles. The quantitative estimate of drug-likeness (QED) is 0.493. The number of rotatable bonds is 5. The first kappa shape index (κ1) is 20.7. The van der Waals surface area contributed by atoms with Crippen LogP contribution in [-0.4, -0.2) is 11.2 Å². The summed E-state index contributed by atoms with van der Waals surface area (Å²) < 4.78 is 0. The molecule has 4 aliphatic carbocycles. The van der Waals surface area contributed by atoms with E-state index < -0.39 is 0 Å². The molecule has 158 valence electrons. The Morgan fingerprint density at radius 2 is 1.71 bits per heavy atom. The van der Waals surface area contributed by atoms with Crippen LogP contribution in [0.5, 0.6) is 0 Å². The third-order valence-corrected chi connectivity index (χ3v) is 9.67. The van der Waals surface area contributed by atoms with Crippen molar-refractivity contribution in [3.8, 4) is 0 Å². The van der Waals surface area contributed by atoms with Gasteiger partial charge in [0.05, 0.1) is 6.10 Å². The normalized spacial score (nSPS) is 43.7. The zero-order valence-electron chi connectivity index (χ0n) is 19.1. The van der Waals surface area contributed by atoms with Crippen molar-refractivity contribution in [2.24, 2.45) is 40.4 Å². The molecule has 1 N–H and O–H groups in total. The number of fused-ring (bicyclic) bond motifs is 5. The van der Waals surface area contributed by atoms with Crippen molar-refractivity contribution < 1.29 is 5.11 Å². The molecule has 2 fully saturated rings. The van der Waals surface area contributed by atoms with E-state index in [4.69, 9.17) is 0 Å². The van der Waals surface area contributed by atoms with Crippen molar-refractivity contribution in [3.05, 3.63) is 23.3 Å². The average Bonchev–Trinajstić information content (AvgIpc) is 2.99. The highest BCUT2D eigenvalue weighted by atomic mass is 16.3. The molecule has 1 heteroatoms. The van der Waals surface area contributed by atoms with Gasteiger partial charge >= 0.3 is 0 Å². The van der Waals surface area contributed by atoms with Crippen molar-refractivity contribution in [2.75, 3.05) is 0 Å². The minimum atomic E-state index is -0.0869. The highest BCUT2D eigenvalue weighted by Crippen LogP contribution is 2.65. The van der Waals surface area contributed by atoms with Gasteiger partial charge in [0.2, 0.25) is 0 Å². The average molecular weight is 385 g/mol. The third-order valence-electron chi connectivity index (χ3n) is 9.67. The van der Waals surface area contributed by atoms with E-state index in [0.717, 1.165) is 42.4 Å². The maximum absolute atomic E-state index is 10.2.